The Morgan fingerprint density at radius 2 is 2.00 bits per heavy atom. The van der Waals surface area contributed by atoms with Gasteiger partial charge in [-0.3, -0.25) is 19.3 Å². The summed E-state index contributed by atoms with van der Waals surface area (Å²) in [6.07, 6.45) is 1.32. The van der Waals surface area contributed by atoms with Crippen LogP contribution in [0.4, 0.5) is 0 Å². The molecule has 1 aromatic rings. The second-order valence-electron chi connectivity index (χ2n) is 5.49. The Kier molecular flexibility index (Phi) is 5.55. The number of likely N-dealkylation sites (tertiary alicyclic amines) is 1. The molecule has 118 valence electrons. The van der Waals surface area contributed by atoms with Crippen molar-refractivity contribution in [2.75, 3.05) is 6.54 Å². The zero-order valence-corrected chi connectivity index (χ0v) is 13.2. The molecule has 1 aliphatic rings. The molecule has 6 heteroatoms. The van der Waals surface area contributed by atoms with Gasteiger partial charge in [0.05, 0.1) is 0 Å². The number of carbonyl (C=O) groups excluding carboxylic acids is 3. The van der Waals surface area contributed by atoms with Crippen molar-refractivity contribution in [2.24, 2.45) is 0 Å². The van der Waals surface area contributed by atoms with E-state index in [2.05, 4.69) is 5.32 Å². The van der Waals surface area contributed by atoms with Crippen molar-refractivity contribution in [1.29, 1.82) is 0 Å². The molecular formula is C16H19ClN2O3. The smallest absolute Gasteiger partial charge is 0.229 e. The van der Waals surface area contributed by atoms with Gasteiger partial charge in [0.1, 0.15) is 0 Å². The van der Waals surface area contributed by atoms with E-state index in [1.807, 2.05) is 25.1 Å². The predicted octanol–water partition coefficient (Wildman–Crippen LogP) is 1.93. The highest BCUT2D eigenvalue weighted by Crippen LogP contribution is 2.13. The van der Waals surface area contributed by atoms with Crippen molar-refractivity contribution in [3.8, 4) is 0 Å². The molecule has 1 saturated heterocycles. The summed E-state index contributed by atoms with van der Waals surface area (Å²) in [7, 11) is 0. The fourth-order valence-electron chi connectivity index (χ4n) is 2.50. The lowest BCUT2D eigenvalue weighted by atomic mass is 10.1. The highest BCUT2D eigenvalue weighted by molar-refractivity contribution is 6.30. The van der Waals surface area contributed by atoms with Gasteiger partial charge < -0.3 is 5.32 Å². The average Bonchev–Trinajstić information content (AvgIpc) is 2.75. The average molecular weight is 323 g/mol. The van der Waals surface area contributed by atoms with Crippen molar-refractivity contribution < 1.29 is 14.4 Å². The van der Waals surface area contributed by atoms with Crippen LogP contribution in [0.25, 0.3) is 0 Å². The van der Waals surface area contributed by atoms with E-state index in [9.17, 15) is 14.4 Å². The molecule has 5 nitrogen and oxygen atoms in total. The number of carbonyl (C=O) groups is 3. The molecule has 2 rings (SSSR count). The molecule has 0 spiro atoms. The van der Waals surface area contributed by atoms with Crippen molar-refractivity contribution in [2.45, 2.75) is 38.6 Å². The summed E-state index contributed by atoms with van der Waals surface area (Å²) in [6.45, 7) is 2.07. The van der Waals surface area contributed by atoms with Crippen LogP contribution >= 0.6 is 11.6 Å². The highest BCUT2D eigenvalue weighted by atomic mass is 35.5. The normalized spacial score (nSPS) is 16.0. The van der Waals surface area contributed by atoms with Crippen molar-refractivity contribution in [3.05, 3.63) is 34.9 Å². The third-order valence-electron chi connectivity index (χ3n) is 3.56. The summed E-state index contributed by atoms with van der Waals surface area (Å²) in [5.41, 5.74) is 1.05. The zero-order chi connectivity index (χ0) is 16.1. The lowest BCUT2D eigenvalue weighted by molar-refractivity contribution is -0.138. The SMILES string of the molecule is C[C@@H](Cc1cccc(Cl)c1)NC(=O)CCN1C(=O)CCC1=O. The first-order valence-electron chi connectivity index (χ1n) is 7.32. The Bertz CT molecular complexity index is 573. The maximum atomic E-state index is 11.9. The van der Waals surface area contributed by atoms with Crippen LogP contribution in [0.2, 0.25) is 5.02 Å². The van der Waals surface area contributed by atoms with Gasteiger partial charge in [-0.15, -0.1) is 0 Å². The van der Waals surface area contributed by atoms with Gasteiger partial charge in [-0.25, -0.2) is 0 Å². The molecule has 0 aromatic heterocycles. The van der Waals surface area contributed by atoms with Crippen LogP contribution in [-0.4, -0.2) is 35.2 Å². The van der Waals surface area contributed by atoms with E-state index in [1.165, 1.54) is 4.90 Å². The summed E-state index contributed by atoms with van der Waals surface area (Å²) in [6, 6.07) is 7.45. The number of imide groups is 1. The van der Waals surface area contributed by atoms with Crippen LogP contribution in [0.3, 0.4) is 0 Å². The molecule has 1 aliphatic heterocycles. The molecule has 1 atom stereocenters. The second-order valence-corrected chi connectivity index (χ2v) is 5.93. The number of hydrogen-bond donors (Lipinski definition) is 1. The van der Waals surface area contributed by atoms with Crippen molar-refractivity contribution >= 4 is 29.3 Å². The fraction of sp³-hybridized carbons (Fsp3) is 0.438. The van der Waals surface area contributed by atoms with E-state index in [-0.39, 0.29) is 49.6 Å². The third-order valence-corrected chi connectivity index (χ3v) is 3.79. The molecule has 0 bridgehead atoms. The number of hydrogen-bond acceptors (Lipinski definition) is 3. The molecule has 0 unspecified atom stereocenters. The van der Waals surface area contributed by atoms with Gasteiger partial charge >= 0.3 is 0 Å². The minimum Gasteiger partial charge on any atom is -0.353 e. The second kappa shape index (κ2) is 7.40. The van der Waals surface area contributed by atoms with Crippen LogP contribution in [0.1, 0.15) is 31.7 Å². The Morgan fingerprint density at radius 1 is 1.32 bits per heavy atom. The summed E-state index contributed by atoms with van der Waals surface area (Å²) in [5, 5.41) is 3.54. The Balaban J connectivity index is 1.76. The largest absolute Gasteiger partial charge is 0.353 e. The molecule has 1 N–H and O–H groups in total. The topological polar surface area (TPSA) is 66.5 Å². The van der Waals surface area contributed by atoms with Crippen LogP contribution in [-0.2, 0) is 20.8 Å². The van der Waals surface area contributed by atoms with Gasteiger partial charge in [-0.05, 0) is 31.0 Å². The number of amides is 3. The Morgan fingerprint density at radius 3 is 2.64 bits per heavy atom. The highest BCUT2D eigenvalue weighted by Gasteiger charge is 2.28. The van der Waals surface area contributed by atoms with Crippen LogP contribution in [0.15, 0.2) is 24.3 Å². The zero-order valence-electron chi connectivity index (χ0n) is 12.5. The first kappa shape index (κ1) is 16.5. The number of rotatable bonds is 6. The van der Waals surface area contributed by atoms with Crippen LogP contribution in [0, 0.1) is 0 Å². The standard InChI is InChI=1S/C16H19ClN2O3/c1-11(9-12-3-2-4-13(17)10-12)18-14(20)7-8-19-15(21)5-6-16(19)22/h2-4,10-11H,5-9H2,1H3,(H,18,20)/t11-/m0/s1. The fourth-order valence-corrected chi connectivity index (χ4v) is 2.71. The van der Waals surface area contributed by atoms with Gasteiger partial charge in [-0.2, -0.15) is 0 Å². The molecule has 22 heavy (non-hydrogen) atoms. The number of benzene rings is 1. The lowest BCUT2D eigenvalue weighted by Gasteiger charge is -2.16. The summed E-state index contributed by atoms with van der Waals surface area (Å²) < 4.78 is 0. The van der Waals surface area contributed by atoms with E-state index in [1.54, 1.807) is 6.07 Å². The summed E-state index contributed by atoms with van der Waals surface area (Å²) in [4.78, 5) is 36.0. The molecule has 3 amide bonds. The van der Waals surface area contributed by atoms with Crippen molar-refractivity contribution in [3.63, 3.8) is 0 Å². The van der Waals surface area contributed by atoms with E-state index in [4.69, 9.17) is 11.6 Å². The quantitative estimate of drug-likeness (QED) is 0.814. The van der Waals surface area contributed by atoms with E-state index in [0.717, 1.165) is 5.56 Å². The van der Waals surface area contributed by atoms with Crippen molar-refractivity contribution in [1.82, 2.24) is 10.2 Å². The number of nitrogens with one attached hydrogen (secondary N) is 1. The predicted molar refractivity (Wildman–Crippen MR) is 83.3 cm³/mol. The summed E-state index contributed by atoms with van der Waals surface area (Å²) >= 11 is 5.93. The maximum absolute atomic E-state index is 11.9. The van der Waals surface area contributed by atoms with E-state index in [0.29, 0.717) is 11.4 Å². The monoisotopic (exact) mass is 322 g/mol. The summed E-state index contributed by atoms with van der Waals surface area (Å²) in [5.74, 6) is -0.545. The van der Waals surface area contributed by atoms with Gasteiger partial charge in [0, 0.05) is 36.9 Å². The minimum atomic E-state index is -0.190. The molecule has 1 fully saturated rings. The maximum Gasteiger partial charge on any atom is 0.229 e. The van der Waals surface area contributed by atoms with Crippen LogP contribution in [0.5, 0.6) is 0 Å². The molecular weight excluding hydrogens is 304 g/mol. The first-order chi connectivity index (χ1) is 10.5. The van der Waals surface area contributed by atoms with E-state index < -0.39 is 0 Å². The third kappa shape index (κ3) is 4.56. The van der Waals surface area contributed by atoms with Gasteiger partial charge in [0.25, 0.3) is 0 Å². The molecule has 0 saturated carbocycles. The minimum absolute atomic E-state index is 0.0454. The van der Waals surface area contributed by atoms with E-state index >= 15 is 0 Å². The first-order valence-corrected chi connectivity index (χ1v) is 7.70. The molecule has 0 aliphatic carbocycles. The van der Waals surface area contributed by atoms with Gasteiger partial charge in [-0.1, -0.05) is 23.7 Å². The number of nitrogens with zero attached hydrogens (tertiary/aromatic N) is 1. The Hall–Kier alpha value is -1.88. The van der Waals surface area contributed by atoms with Crippen LogP contribution < -0.4 is 5.32 Å². The number of halogens is 1. The van der Waals surface area contributed by atoms with Gasteiger partial charge in [0.2, 0.25) is 17.7 Å². The van der Waals surface area contributed by atoms with Gasteiger partial charge in [0.15, 0.2) is 0 Å². The molecule has 0 radical (unpaired) electrons. The lowest BCUT2D eigenvalue weighted by Crippen LogP contribution is -2.38. The molecule has 1 heterocycles. The molecule has 1 aromatic carbocycles. The Labute approximate surface area is 134 Å².